The second-order valence-corrected chi connectivity index (χ2v) is 15.0. The molecular formula is C45H48N8O6. The van der Waals surface area contributed by atoms with Crippen LogP contribution in [0, 0.1) is 0 Å². The van der Waals surface area contributed by atoms with E-state index < -0.39 is 18.2 Å². The first-order chi connectivity index (χ1) is 28.9. The molecule has 59 heavy (non-hydrogen) atoms. The summed E-state index contributed by atoms with van der Waals surface area (Å²) in [7, 11) is 2.68. The number of benzene rings is 4. The van der Waals surface area contributed by atoms with Crippen LogP contribution in [0.5, 0.6) is 0 Å². The molecule has 0 saturated carbocycles. The fourth-order valence-electron chi connectivity index (χ4n) is 8.40. The van der Waals surface area contributed by atoms with Gasteiger partial charge in [-0.15, -0.1) is 0 Å². The van der Waals surface area contributed by atoms with Crippen LogP contribution in [0.3, 0.4) is 0 Å². The second kappa shape index (κ2) is 17.9. The third kappa shape index (κ3) is 8.68. The minimum Gasteiger partial charge on any atom is -0.453 e. The van der Waals surface area contributed by atoms with E-state index in [1.54, 1.807) is 0 Å². The van der Waals surface area contributed by atoms with Crippen LogP contribution in [0.15, 0.2) is 102 Å². The first-order valence-corrected chi connectivity index (χ1v) is 20.1. The molecule has 8 rings (SSSR count). The van der Waals surface area contributed by atoms with Crippen molar-refractivity contribution in [3.63, 3.8) is 0 Å². The van der Waals surface area contributed by atoms with Gasteiger partial charge in [-0.1, -0.05) is 72.8 Å². The van der Waals surface area contributed by atoms with Gasteiger partial charge in [0.2, 0.25) is 6.40 Å². The Morgan fingerprint density at radius 2 is 1.31 bits per heavy atom. The number of nitrogens with zero attached hydrogens (tertiary/aromatic N) is 5. The lowest BCUT2D eigenvalue weighted by atomic mass is 10.0. The zero-order chi connectivity index (χ0) is 40.7. The summed E-state index contributed by atoms with van der Waals surface area (Å²) in [4.78, 5) is 74.6. The SMILES string of the molecule is COOC=N[C@H](C(=O)N1CCC[C@H]1c1nc2ccc(CCCc3ccc4nc([C@@H]5CCCN5C(=O)[C@H](NC(=O)OC)c5ccccc5)[nH]c4c3)cc2[nH]1)c1ccccc1. The number of aromatic nitrogens is 4. The van der Waals surface area contributed by atoms with Gasteiger partial charge in [0.25, 0.3) is 11.8 Å². The average Bonchev–Trinajstić information content (AvgIpc) is 4.10. The molecule has 0 aliphatic carbocycles. The van der Waals surface area contributed by atoms with Gasteiger partial charge in [0.1, 0.15) is 17.7 Å². The van der Waals surface area contributed by atoms with Crippen LogP contribution in [0.1, 0.15) is 90.2 Å². The molecule has 3 amide bonds. The Hall–Kier alpha value is -6.54. The van der Waals surface area contributed by atoms with Gasteiger partial charge >= 0.3 is 6.09 Å². The van der Waals surface area contributed by atoms with Crippen LogP contribution in [-0.4, -0.2) is 81.4 Å². The number of ether oxygens (including phenoxy) is 1. The summed E-state index contributed by atoms with van der Waals surface area (Å²) in [5, 5.41) is 2.73. The number of hydrogen-bond donors (Lipinski definition) is 3. The van der Waals surface area contributed by atoms with Crippen molar-refractivity contribution >= 4 is 46.4 Å². The lowest BCUT2D eigenvalue weighted by Crippen LogP contribution is -2.42. The molecule has 0 bridgehead atoms. The number of aromatic amines is 2. The van der Waals surface area contributed by atoms with Gasteiger partial charge in [-0.05, 0) is 91.5 Å². The quantitative estimate of drug-likeness (QED) is 0.0444. The van der Waals surface area contributed by atoms with E-state index in [1.807, 2.05) is 82.6 Å². The highest BCUT2D eigenvalue weighted by atomic mass is 17.2. The van der Waals surface area contributed by atoms with Crippen molar-refractivity contribution in [2.75, 3.05) is 27.3 Å². The Labute approximate surface area is 341 Å². The number of H-pyrrole nitrogens is 2. The highest BCUT2D eigenvalue weighted by Crippen LogP contribution is 2.36. The molecule has 14 heteroatoms. The molecule has 4 heterocycles. The van der Waals surface area contributed by atoms with E-state index in [9.17, 15) is 14.4 Å². The lowest BCUT2D eigenvalue weighted by Gasteiger charge is -2.28. The van der Waals surface area contributed by atoms with Crippen molar-refractivity contribution in [3.05, 3.63) is 131 Å². The number of hydrogen-bond acceptors (Lipinski definition) is 9. The maximum Gasteiger partial charge on any atom is 0.407 e. The third-order valence-electron chi connectivity index (χ3n) is 11.3. The number of amides is 3. The topological polar surface area (TPSA) is 167 Å². The van der Waals surface area contributed by atoms with E-state index in [-0.39, 0.29) is 23.9 Å². The lowest BCUT2D eigenvalue weighted by molar-refractivity contribution is -0.188. The Bertz CT molecular complexity index is 2430. The zero-order valence-corrected chi connectivity index (χ0v) is 33.2. The second-order valence-electron chi connectivity index (χ2n) is 15.0. The monoisotopic (exact) mass is 796 g/mol. The molecule has 6 aromatic rings. The number of likely N-dealkylation sites (tertiary alicyclic amines) is 2. The summed E-state index contributed by atoms with van der Waals surface area (Å²) in [5.74, 6) is 1.21. The van der Waals surface area contributed by atoms with Gasteiger partial charge < -0.3 is 34.7 Å². The summed E-state index contributed by atoms with van der Waals surface area (Å²) >= 11 is 0. The van der Waals surface area contributed by atoms with Crippen LogP contribution >= 0.6 is 0 Å². The highest BCUT2D eigenvalue weighted by Gasteiger charge is 2.38. The van der Waals surface area contributed by atoms with E-state index in [0.717, 1.165) is 84.2 Å². The number of carbonyl (C=O) groups is 3. The fraction of sp³-hybridized carbons (Fsp3) is 0.333. The molecule has 0 radical (unpaired) electrons. The van der Waals surface area contributed by atoms with E-state index >= 15 is 0 Å². The van der Waals surface area contributed by atoms with Gasteiger partial charge in [0.05, 0.1) is 48.4 Å². The van der Waals surface area contributed by atoms with Crippen molar-refractivity contribution in [1.29, 1.82) is 0 Å². The molecule has 2 saturated heterocycles. The normalized spacial score (nSPS) is 17.8. The first-order valence-electron chi connectivity index (χ1n) is 20.1. The van der Waals surface area contributed by atoms with Crippen LogP contribution in [0.4, 0.5) is 4.79 Å². The molecule has 0 unspecified atom stereocenters. The predicted molar refractivity (Wildman–Crippen MR) is 222 cm³/mol. The summed E-state index contributed by atoms with van der Waals surface area (Å²) in [5.41, 5.74) is 7.46. The Morgan fingerprint density at radius 1 is 0.763 bits per heavy atom. The van der Waals surface area contributed by atoms with Gasteiger partial charge in [-0.3, -0.25) is 9.59 Å². The third-order valence-corrected chi connectivity index (χ3v) is 11.3. The molecule has 2 aliphatic rings. The van der Waals surface area contributed by atoms with Crippen LogP contribution in [0.2, 0.25) is 0 Å². The molecular weight excluding hydrogens is 749 g/mol. The van der Waals surface area contributed by atoms with Crippen LogP contribution in [-0.2, 0) is 36.9 Å². The number of alkyl carbamates (subject to hydrolysis) is 1. The summed E-state index contributed by atoms with van der Waals surface area (Å²) < 4.78 is 4.84. The average molecular weight is 797 g/mol. The minimum atomic E-state index is -0.869. The van der Waals surface area contributed by atoms with E-state index in [4.69, 9.17) is 19.6 Å². The fourth-order valence-corrected chi connectivity index (χ4v) is 8.40. The largest absolute Gasteiger partial charge is 0.453 e. The molecule has 0 spiro atoms. The van der Waals surface area contributed by atoms with Crippen molar-refractivity contribution in [2.24, 2.45) is 4.99 Å². The first kappa shape index (κ1) is 39.3. The highest BCUT2D eigenvalue weighted by molar-refractivity contribution is 5.88. The van der Waals surface area contributed by atoms with Crippen molar-refractivity contribution < 1.29 is 28.9 Å². The zero-order valence-electron chi connectivity index (χ0n) is 33.2. The van der Waals surface area contributed by atoms with Crippen molar-refractivity contribution in [1.82, 2.24) is 35.1 Å². The molecule has 3 N–H and O–H groups in total. The Kier molecular flexibility index (Phi) is 11.9. The Morgan fingerprint density at radius 3 is 1.85 bits per heavy atom. The molecule has 14 nitrogen and oxygen atoms in total. The standard InChI is InChI=1S/C45H48N8O6/c1-57-45(56)51-40(32-16-7-4-8-17-32)44(55)53-25-11-19-38(53)42-48-34-23-21-30(27-36(34)50-42)13-9-12-29-20-22-33-35(26-29)49-41(47-33)37-18-10-24-52(37)43(54)39(46-28-59-58-2)31-14-5-3-6-15-31/h3-8,14-17,20-23,26-28,37-40H,9-13,18-19,24-25H2,1-2H3,(H,47,49)(H,48,50)(H,51,56)/t37-,38-,39-,40+/m0/s1. The molecule has 2 fully saturated rings. The van der Waals surface area contributed by atoms with E-state index in [0.29, 0.717) is 18.7 Å². The summed E-state index contributed by atoms with van der Waals surface area (Å²) in [6.07, 6.45) is 6.49. The maximum atomic E-state index is 13.9. The summed E-state index contributed by atoms with van der Waals surface area (Å²) in [6.45, 7) is 1.18. The summed E-state index contributed by atoms with van der Waals surface area (Å²) in [6, 6.07) is 29.3. The Balaban J connectivity index is 0.913. The molecule has 2 aliphatic heterocycles. The van der Waals surface area contributed by atoms with Gasteiger partial charge in [-0.2, -0.15) is 4.89 Å². The number of rotatable bonds is 14. The number of imidazole rings is 2. The number of nitrogens with one attached hydrogen (secondary N) is 3. The number of aliphatic imine (C=N–C) groups is 1. The molecule has 2 aromatic heterocycles. The number of methoxy groups -OCH3 is 1. The van der Waals surface area contributed by atoms with Crippen molar-refractivity contribution in [2.45, 2.75) is 69.1 Å². The molecule has 4 atom stereocenters. The van der Waals surface area contributed by atoms with Crippen LogP contribution < -0.4 is 5.32 Å². The van der Waals surface area contributed by atoms with E-state index in [1.165, 1.54) is 31.7 Å². The maximum absolute atomic E-state index is 13.9. The van der Waals surface area contributed by atoms with Gasteiger partial charge in [-0.25, -0.2) is 19.8 Å². The van der Waals surface area contributed by atoms with Crippen molar-refractivity contribution in [3.8, 4) is 0 Å². The smallest absolute Gasteiger partial charge is 0.407 e. The van der Waals surface area contributed by atoms with Crippen LogP contribution in [0.25, 0.3) is 22.1 Å². The number of carbonyl (C=O) groups excluding carboxylic acids is 3. The predicted octanol–water partition coefficient (Wildman–Crippen LogP) is 7.39. The van der Waals surface area contributed by atoms with Gasteiger partial charge in [0, 0.05) is 13.1 Å². The van der Waals surface area contributed by atoms with Gasteiger partial charge in [0.15, 0.2) is 6.04 Å². The molecule has 304 valence electrons. The minimum absolute atomic E-state index is 0.113. The number of aryl methyl sites for hydroxylation is 2. The number of fused-ring (bicyclic) bond motifs is 2. The molecule has 4 aromatic carbocycles. The van der Waals surface area contributed by atoms with E-state index in [2.05, 4.69) is 49.4 Å².